The maximum atomic E-state index is 11.7. The van der Waals surface area contributed by atoms with Crippen LogP contribution in [-0.4, -0.2) is 29.6 Å². The van der Waals surface area contributed by atoms with Crippen LogP contribution in [0.1, 0.15) is 20.3 Å². The number of hydrogen-bond donors (Lipinski definition) is 3. The fourth-order valence-corrected chi connectivity index (χ4v) is 1.87. The maximum Gasteiger partial charge on any atom is 0.313 e. The highest BCUT2D eigenvalue weighted by Gasteiger charge is 2.16. The van der Waals surface area contributed by atoms with Crippen molar-refractivity contribution in [2.24, 2.45) is 5.92 Å². The molecule has 0 aliphatic carbocycles. The lowest BCUT2D eigenvalue weighted by atomic mass is 10.0. The minimum atomic E-state index is -0.835. The summed E-state index contributed by atoms with van der Waals surface area (Å²) in [5.74, 6) is -1.53. The molecular formula is C14H18Cl2N2O3. The number of aliphatic hydroxyl groups excluding tert-OH is 1. The standard InChI is InChI=1S/C14H18Cl2N2O3/c1-8(2)11(19)6-7-17-13(20)14(21)18-10-5-3-4-9(15)12(10)16/h3-5,8,11,19H,6-7H2,1-2H3,(H,17,20)(H,18,21). The van der Waals surface area contributed by atoms with Crippen LogP contribution in [0.3, 0.4) is 0 Å². The topological polar surface area (TPSA) is 78.4 Å². The molecule has 21 heavy (non-hydrogen) atoms. The summed E-state index contributed by atoms with van der Waals surface area (Å²) < 4.78 is 0. The number of benzene rings is 1. The Hall–Kier alpha value is -1.30. The Labute approximate surface area is 133 Å². The number of carbonyl (C=O) groups excluding carboxylic acids is 2. The molecule has 0 aromatic heterocycles. The third-order valence-electron chi connectivity index (χ3n) is 2.90. The fraction of sp³-hybridized carbons (Fsp3) is 0.429. The van der Waals surface area contributed by atoms with E-state index in [0.717, 1.165) is 0 Å². The molecule has 3 N–H and O–H groups in total. The zero-order valence-electron chi connectivity index (χ0n) is 11.8. The fourth-order valence-electron chi connectivity index (χ4n) is 1.53. The summed E-state index contributed by atoms with van der Waals surface area (Å²) in [4.78, 5) is 23.3. The molecule has 1 aromatic carbocycles. The molecule has 1 unspecified atom stereocenters. The van der Waals surface area contributed by atoms with Gasteiger partial charge in [0.05, 0.1) is 21.8 Å². The number of rotatable bonds is 5. The van der Waals surface area contributed by atoms with E-state index in [1.165, 1.54) is 0 Å². The largest absolute Gasteiger partial charge is 0.393 e. The predicted octanol–water partition coefficient (Wildman–Crippen LogP) is 2.46. The lowest BCUT2D eigenvalue weighted by Gasteiger charge is -2.14. The van der Waals surface area contributed by atoms with Gasteiger partial charge in [-0.2, -0.15) is 0 Å². The van der Waals surface area contributed by atoms with E-state index in [2.05, 4.69) is 10.6 Å². The van der Waals surface area contributed by atoms with E-state index in [9.17, 15) is 14.7 Å². The number of hydrogen-bond acceptors (Lipinski definition) is 3. The molecule has 7 heteroatoms. The highest BCUT2D eigenvalue weighted by atomic mass is 35.5. The number of carbonyl (C=O) groups is 2. The Bertz CT molecular complexity index is 521. The summed E-state index contributed by atoms with van der Waals surface area (Å²) in [6.07, 6.45) is -0.134. The van der Waals surface area contributed by atoms with Gasteiger partial charge in [-0.25, -0.2) is 0 Å². The molecule has 2 amide bonds. The van der Waals surface area contributed by atoms with Crippen LogP contribution in [0, 0.1) is 5.92 Å². The van der Waals surface area contributed by atoms with Gasteiger partial charge in [-0.15, -0.1) is 0 Å². The lowest BCUT2D eigenvalue weighted by molar-refractivity contribution is -0.136. The quantitative estimate of drug-likeness (QED) is 0.724. The van der Waals surface area contributed by atoms with E-state index in [-0.39, 0.29) is 28.2 Å². The van der Waals surface area contributed by atoms with Crippen LogP contribution < -0.4 is 10.6 Å². The molecule has 1 atom stereocenters. The van der Waals surface area contributed by atoms with Crippen LogP contribution in [0.15, 0.2) is 18.2 Å². The maximum absolute atomic E-state index is 11.7. The van der Waals surface area contributed by atoms with Crippen LogP contribution in [0.4, 0.5) is 5.69 Å². The molecule has 0 aliphatic heterocycles. The number of nitrogens with one attached hydrogen (secondary N) is 2. The van der Waals surface area contributed by atoms with Crippen molar-refractivity contribution < 1.29 is 14.7 Å². The molecular weight excluding hydrogens is 315 g/mol. The van der Waals surface area contributed by atoms with E-state index in [1.807, 2.05) is 13.8 Å². The predicted molar refractivity (Wildman–Crippen MR) is 83.6 cm³/mol. The van der Waals surface area contributed by atoms with Gasteiger partial charge in [0.25, 0.3) is 0 Å². The molecule has 116 valence electrons. The first-order valence-corrected chi connectivity index (χ1v) is 7.29. The monoisotopic (exact) mass is 332 g/mol. The van der Waals surface area contributed by atoms with Gasteiger partial charge >= 0.3 is 11.8 Å². The first-order chi connectivity index (χ1) is 9.82. The molecule has 1 rings (SSSR count). The van der Waals surface area contributed by atoms with E-state index in [0.29, 0.717) is 6.42 Å². The summed E-state index contributed by atoms with van der Waals surface area (Å²) in [6, 6.07) is 4.73. The number of amides is 2. The summed E-state index contributed by atoms with van der Waals surface area (Å²) >= 11 is 11.7. The van der Waals surface area contributed by atoms with Crippen molar-refractivity contribution in [3.8, 4) is 0 Å². The molecule has 0 saturated heterocycles. The Kier molecular flexibility index (Phi) is 6.95. The zero-order valence-corrected chi connectivity index (χ0v) is 13.3. The number of anilines is 1. The molecule has 0 aliphatic rings. The minimum absolute atomic E-state index is 0.0981. The van der Waals surface area contributed by atoms with Crippen molar-refractivity contribution >= 4 is 40.7 Å². The average molecular weight is 333 g/mol. The molecule has 0 spiro atoms. The van der Waals surface area contributed by atoms with E-state index < -0.39 is 17.9 Å². The summed E-state index contributed by atoms with van der Waals surface area (Å²) in [7, 11) is 0. The van der Waals surface area contributed by atoms with Crippen molar-refractivity contribution in [1.29, 1.82) is 0 Å². The zero-order chi connectivity index (χ0) is 16.0. The molecule has 0 radical (unpaired) electrons. The van der Waals surface area contributed by atoms with Crippen LogP contribution >= 0.6 is 23.2 Å². The Morgan fingerprint density at radius 2 is 1.90 bits per heavy atom. The second-order valence-corrected chi connectivity index (χ2v) is 5.70. The van der Waals surface area contributed by atoms with E-state index in [4.69, 9.17) is 23.2 Å². The molecule has 5 nitrogen and oxygen atoms in total. The van der Waals surface area contributed by atoms with Gasteiger partial charge in [0.2, 0.25) is 0 Å². The van der Waals surface area contributed by atoms with Gasteiger partial charge in [-0.05, 0) is 24.5 Å². The van der Waals surface area contributed by atoms with Gasteiger partial charge < -0.3 is 15.7 Å². The first kappa shape index (κ1) is 17.8. The Morgan fingerprint density at radius 1 is 1.24 bits per heavy atom. The van der Waals surface area contributed by atoms with Crippen molar-refractivity contribution in [1.82, 2.24) is 5.32 Å². The van der Waals surface area contributed by atoms with Gasteiger partial charge in [0, 0.05) is 6.54 Å². The van der Waals surface area contributed by atoms with Crippen molar-refractivity contribution in [2.45, 2.75) is 26.4 Å². The van der Waals surface area contributed by atoms with Gasteiger partial charge in [0.15, 0.2) is 0 Å². The summed E-state index contributed by atoms with van der Waals surface area (Å²) in [6.45, 7) is 3.97. The second kappa shape index (κ2) is 8.22. The third-order valence-corrected chi connectivity index (χ3v) is 3.72. The molecule has 0 fully saturated rings. The number of aliphatic hydroxyl groups is 1. The van der Waals surface area contributed by atoms with Crippen molar-refractivity contribution in [3.05, 3.63) is 28.2 Å². The highest BCUT2D eigenvalue weighted by molar-refractivity contribution is 6.45. The molecule has 1 aromatic rings. The Morgan fingerprint density at radius 3 is 2.52 bits per heavy atom. The van der Waals surface area contributed by atoms with Gasteiger partial charge in [-0.1, -0.05) is 43.1 Å². The number of halogens is 2. The average Bonchev–Trinajstić information content (AvgIpc) is 2.43. The molecule has 0 bridgehead atoms. The van der Waals surface area contributed by atoms with Crippen molar-refractivity contribution in [3.63, 3.8) is 0 Å². The van der Waals surface area contributed by atoms with E-state index in [1.54, 1.807) is 18.2 Å². The van der Waals surface area contributed by atoms with Crippen LogP contribution in [0.2, 0.25) is 10.0 Å². The second-order valence-electron chi connectivity index (χ2n) is 4.91. The summed E-state index contributed by atoms with van der Waals surface area (Å²) in [5.41, 5.74) is 0.270. The van der Waals surface area contributed by atoms with Crippen LogP contribution in [0.25, 0.3) is 0 Å². The first-order valence-electron chi connectivity index (χ1n) is 6.54. The van der Waals surface area contributed by atoms with Crippen molar-refractivity contribution in [2.75, 3.05) is 11.9 Å². The smallest absolute Gasteiger partial charge is 0.313 e. The lowest BCUT2D eigenvalue weighted by Crippen LogP contribution is -2.37. The van der Waals surface area contributed by atoms with E-state index >= 15 is 0 Å². The minimum Gasteiger partial charge on any atom is -0.393 e. The molecule has 0 saturated carbocycles. The molecule has 0 heterocycles. The van der Waals surface area contributed by atoms with Gasteiger partial charge in [0.1, 0.15) is 0 Å². The normalized spacial score (nSPS) is 12.1. The summed E-state index contributed by atoms with van der Waals surface area (Å²) in [5, 5.41) is 14.9. The van der Waals surface area contributed by atoms with Crippen LogP contribution in [0.5, 0.6) is 0 Å². The van der Waals surface area contributed by atoms with Crippen LogP contribution in [-0.2, 0) is 9.59 Å². The highest BCUT2D eigenvalue weighted by Crippen LogP contribution is 2.29. The third kappa shape index (κ3) is 5.53. The van der Waals surface area contributed by atoms with Gasteiger partial charge in [-0.3, -0.25) is 9.59 Å². The Balaban J connectivity index is 2.48. The SMILES string of the molecule is CC(C)C(O)CCNC(=O)C(=O)Nc1cccc(Cl)c1Cl.